The maximum absolute atomic E-state index is 15.0. The van der Waals surface area contributed by atoms with Gasteiger partial charge < -0.3 is 30.0 Å². The Bertz CT molecular complexity index is 1420. The van der Waals surface area contributed by atoms with E-state index in [1.807, 2.05) is 0 Å². The van der Waals surface area contributed by atoms with Crippen molar-refractivity contribution in [1.29, 1.82) is 0 Å². The number of fused-ring (bicyclic) bond motifs is 1. The van der Waals surface area contributed by atoms with Gasteiger partial charge in [0.25, 0.3) is 5.91 Å². The fourth-order valence-corrected chi connectivity index (χ4v) is 5.13. The van der Waals surface area contributed by atoms with Gasteiger partial charge in [-0.3, -0.25) is 9.59 Å². The molecule has 210 valence electrons. The van der Waals surface area contributed by atoms with Gasteiger partial charge in [-0.05, 0) is 25.3 Å². The Labute approximate surface area is 230 Å². The minimum atomic E-state index is -0.973. The molecule has 12 heteroatoms. The van der Waals surface area contributed by atoms with Crippen molar-refractivity contribution in [3.05, 3.63) is 53.2 Å². The van der Waals surface area contributed by atoms with Gasteiger partial charge in [0.2, 0.25) is 5.91 Å². The lowest BCUT2D eigenvalue weighted by atomic mass is 10.0. The Hall–Kier alpha value is -4.37. The first-order chi connectivity index (χ1) is 19.2. The molecule has 40 heavy (non-hydrogen) atoms. The molecule has 2 aliphatic heterocycles. The number of nitrogens with one attached hydrogen (secondary N) is 1. The van der Waals surface area contributed by atoms with Gasteiger partial charge >= 0.3 is 0 Å². The van der Waals surface area contributed by atoms with E-state index < -0.39 is 23.2 Å². The van der Waals surface area contributed by atoms with E-state index in [1.54, 1.807) is 21.9 Å². The summed E-state index contributed by atoms with van der Waals surface area (Å²) in [5.41, 5.74) is 10.3. The van der Waals surface area contributed by atoms with Crippen LogP contribution in [0.2, 0.25) is 0 Å². The summed E-state index contributed by atoms with van der Waals surface area (Å²) in [6, 6.07) is 0.161. The number of carbonyl (C=O) groups excluding carboxylic acids is 2. The zero-order valence-electron chi connectivity index (χ0n) is 22.5. The van der Waals surface area contributed by atoms with Crippen LogP contribution in [0.4, 0.5) is 20.3 Å². The van der Waals surface area contributed by atoms with Gasteiger partial charge in [-0.15, -0.1) is 0 Å². The number of nitrogen functional groups attached to an aromatic ring is 1. The van der Waals surface area contributed by atoms with E-state index in [-0.39, 0.29) is 41.2 Å². The SMILES string of the molecule is C=CC(=O)N1CCC(N2N[C@@H](C#Cc3c(F)c(OC)cc(OC)c3F)c3c(N)ncc(C(=O)N(C)C4CC4)c32)C1. The first-order valence-electron chi connectivity index (χ1n) is 12.8. The fraction of sp³-hybridized carbons (Fsp3) is 0.393. The zero-order chi connectivity index (χ0) is 28.7. The van der Waals surface area contributed by atoms with E-state index in [2.05, 4.69) is 28.8 Å². The molecule has 3 heterocycles. The molecule has 5 rings (SSSR count). The summed E-state index contributed by atoms with van der Waals surface area (Å²) < 4.78 is 40.1. The van der Waals surface area contributed by atoms with Crippen molar-refractivity contribution in [2.24, 2.45) is 0 Å². The highest BCUT2D eigenvalue weighted by molar-refractivity contribution is 6.02. The lowest BCUT2D eigenvalue weighted by Crippen LogP contribution is -2.45. The van der Waals surface area contributed by atoms with Gasteiger partial charge in [-0.1, -0.05) is 18.4 Å². The number of rotatable bonds is 6. The normalized spacial score (nSPS) is 19.5. The third-order valence-corrected chi connectivity index (χ3v) is 7.49. The van der Waals surface area contributed by atoms with Crippen LogP contribution in [-0.2, 0) is 4.79 Å². The third kappa shape index (κ3) is 4.66. The first kappa shape index (κ1) is 27.2. The van der Waals surface area contributed by atoms with Gasteiger partial charge in [-0.2, -0.15) is 0 Å². The van der Waals surface area contributed by atoms with E-state index >= 15 is 8.78 Å². The van der Waals surface area contributed by atoms with Crippen molar-refractivity contribution in [3.8, 4) is 23.3 Å². The number of hydrogen-bond donors (Lipinski definition) is 2. The number of ether oxygens (including phenoxy) is 2. The highest BCUT2D eigenvalue weighted by Crippen LogP contribution is 2.42. The summed E-state index contributed by atoms with van der Waals surface area (Å²) in [7, 11) is 4.25. The summed E-state index contributed by atoms with van der Waals surface area (Å²) in [4.78, 5) is 33.4. The second-order valence-electron chi connectivity index (χ2n) is 9.88. The number of amides is 2. The maximum atomic E-state index is 15.0. The minimum Gasteiger partial charge on any atom is -0.493 e. The molecule has 1 aromatic heterocycles. The molecule has 1 aromatic carbocycles. The molecule has 1 saturated heterocycles. The Kier molecular flexibility index (Phi) is 7.25. The molecule has 1 unspecified atom stereocenters. The molecule has 2 fully saturated rings. The number of aromatic nitrogens is 1. The van der Waals surface area contributed by atoms with Gasteiger partial charge in [0.1, 0.15) is 17.4 Å². The predicted octanol–water partition coefficient (Wildman–Crippen LogP) is 2.40. The number of hydrazine groups is 1. The summed E-state index contributed by atoms with van der Waals surface area (Å²) in [5, 5.41) is 1.79. The number of hydrogen-bond acceptors (Lipinski definition) is 8. The summed E-state index contributed by atoms with van der Waals surface area (Å²) in [5.74, 6) is 2.76. The summed E-state index contributed by atoms with van der Waals surface area (Å²) >= 11 is 0. The molecule has 1 aliphatic carbocycles. The van der Waals surface area contributed by atoms with E-state index in [4.69, 9.17) is 15.2 Å². The second-order valence-corrected chi connectivity index (χ2v) is 9.88. The van der Waals surface area contributed by atoms with Crippen molar-refractivity contribution in [2.75, 3.05) is 45.1 Å². The summed E-state index contributed by atoms with van der Waals surface area (Å²) in [6.07, 6.45) is 5.14. The van der Waals surface area contributed by atoms with Crippen LogP contribution in [0, 0.1) is 23.5 Å². The molecule has 10 nitrogen and oxygen atoms in total. The number of anilines is 2. The highest BCUT2D eigenvalue weighted by atomic mass is 19.1. The third-order valence-electron chi connectivity index (χ3n) is 7.49. The topological polar surface area (TPSA) is 113 Å². The van der Waals surface area contributed by atoms with Gasteiger partial charge in [0.05, 0.1) is 37.1 Å². The van der Waals surface area contributed by atoms with Crippen molar-refractivity contribution in [2.45, 2.75) is 37.4 Å². The highest BCUT2D eigenvalue weighted by Gasteiger charge is 2.42. The lowest BCUT2D eigenvalue weighted by Gasteiger charge is -2.29. The van der Waals surface area contributed by atoms with Crippen LogP contribution >= 0.6 is 0 Å². The van der Waals surface area contributed by atoms with Crippen LogP contribution in [0.25, 0.3) is 0 Å². The monoisotopic (exact) mass is 552 g/mol. The molecule has 2 amide bonds. The second kappa shape index (κ2) is 10.7. The summed E-state index contributed by atoms with van der Waals surface area (Å²) in [6.45, 7) is 4.42. The molecule has 0 spiro atoms. The van der Waals surface area contributed by atoms with Crippen molar-refractivity contribution >= 4 is 23.3 Å². The number of nitrogens with zero attached hydrogens (tertiary/aromatic N) is 4. The molecule has 3 aliphatic rings. The Morgan fingerprint density at radius 2 is 1.90 bits per heavy atom. The van der Waals surface area contributed by atoms with Crippen molar-refractivity contribution in [1.82, 2.24) is 20.2 Å². The van der Waals surface area contributed by atoms with Gasteiger partial charge in [0.15, 0.2) is 23.1 Å². The molecular weight excluding hydrogens is 522 g/mol. The number of pyridine rings is 1. The van der Waals surface area contributed by atoms with Crippen molar-refractivity contribution < 1.29 is 27.8 Å². The predicted molar refractivity (Wildman–Crippen MR) is 144 cm³/mol. The van der Waals surface area contributed by atoms with E-state index in [9.17, 15) is 9.59 Å². The molecule has 2 aromatic rings. The molecule has 2 atom stereocenters. The van der Waals surface area contributed by atoms with Crippen LogP contribution in [-0.4, -0.2) is 73.0 Å². The number of carbonyl (C=O) groups is 2. The largest absolute Gasteiger partial charge is 0.493 e. The van der Waals surface area contributed by atoms with Crippen LogP contribution < -0.4 is 25.6 Å². The molecule has 1 saturated carbocycles. The van der Waals surface area contributed by atoms with Gasteiger partial charge in [-0.25, -0.2) is 19.2 Å². The molecule has 0 radical (unpaired) electrons. The fourth-order valence-electron chi connectivity index (χ4n) is 5.13. The molecular formula is C28H30F2N6O4. The maximum Gasteiger partial charge on any atom is 0.257 e. The lowest BCUT2D eigenvalue weighted by molar-refractivity contribution is -0.125. The van der Waals surface area contributed by atoms with Crippen LogP contribution in [0.1, 0.15) is 46.8 Å². The van der Waals surface area contributed by atoms with Crippen LogP contribution in [0.5, 0.6) is 11.5 Å². The van der Waals surface area contributed by atoms with E-state index in [0.29, 0.717) is 36.3 Å². The van der Waals surface area contributed by atoms with Crippen molar-refractivity contribution in [3.63, 3.8) is 0 Å². The number of likely N-dealkylation sites (tertiary alicyclic amines) is 1. The Balaban J connectivity index is 1.59. The Morgan fingerprint density at radius 1 is 1.23 bits per heavy atom. The van der Waals surface area contributed by atoms with Crippen LogP contribution in [0.15, 0.2) is 24.9 Å². The average molecular weight is 553 g/mol. The number of nitrogens with two attached hydrogens (primary N) is 1. The number of halogens is 2. The van der Waals surface area contributed by atoms with Gasteiger partial charge in [0, 0.05) is 38.4 Å². The molecule has 0 bridgehead atoms. The zero-order valence-corrected chi connectivity index (χ0v) is 22.5. The average Bonchev–Trinajstić information content (AvgIpc) is 3.56. The number of benzene rings is 1. The molecule has 3 N–H and O–H groups in total. The Morgan fingerprint density at radius 3 is 2.50 bits per heavy atom. The smallest absolute Gasteiger partial charge is 0.257 e. The standard InChI is InChI=1S/C28H30F2N6O4/c1-5-22(37)35-11-10-16(14-35)36-26-18(28(38)34(2)15-6-7-15)13-32-27(31)23(26)19(33-36)9-8-17-24(29)20(39-3)12-21(40-4)25(17)30/h5,12-13,15-16,19,33H,1,6-7,10-11,14H2,2-4H3,(H2,31,32)/t16?,19-/m0/s1. The van der Waals surface area contributed by atoms with E-state index in [0.717, 1.165) is 18.9 Å². The van der Waals surface area contributed by atoms with E-state index in [1.165, 1.54) is 26.5 Å². The number of methoxy groups -OCH3 is 2. The minimum absolute atomic E-state index is 0.121. The quantitative estimate of drug-likeness (QED) is 0.415. The first-order valence-corrected chi connectivity index (χ1v) is 12.8. The van der Waals surface area contributed by atoms with Crippen LogP contribution in [0.3, 0.4) is 0 Å².